The summed E-state index contributed by atoms with van der Waals surface area (Å²) in [5.41, 5.74) is 13.3. The fourth-order valence-electron chi connectivity index (χ4n) is 10.1. The Balaban J connectivity index is 1.35. The molecule has 4 heteroatoms. The number of ether oxygens (including phenoxy) is 4. The van der Waals surface area contributed by atoms with Gasteiger partial charge in [0, 0.05) is 5.92 Å². The minimum absolute atomic E-state index is 0.0636. The molecule has 4 aliphatic rings. The Morgan fingerprint density at radius 2 is 1.18 bits per heavy atom. The van der Waals surface area contributed by atoms with E-state index in [1.807, 2.05) is 0 Å². The van der Waals surface area contributed by atoms with Crippen molar-refractivity contribution >= 4 is 12.2 Å². The normalized spacial score (nSPS) is 25.6. The van der Waals surface area contributed by atoms with Crippen molar-refractivity contribution in [3.8, 4) is 23.0 Å². The SMILES string of the molecule is COc1ccc(/C=C2\CCCC3=C2CC(c2ccc(OC)cc2)C24CCC/C(=C\c5ccc(OC)cc5)C2Cc2cc(OC)ccc2C34)cc1. The van der Waals surface area contributed by atoms with Crippen LogP contribution in [-0.2, 0) is 6.42 Å². The van der Waals surface area contributed by atoms with Crippen LogP contribution in [0.5, 0.6) is 23.0 Å². The van der Waals surface area contributed by atoms with Crippen molar-refractivity contribution in [2.45, 2.75) is 63.2 Å². The highest BCUT2D eigenvalue weighted by molar-refractivity contribution is 5.65. The van der Waals surface area contributed by atoms with E-state index in [0.717, 1.165) is 55.1 Å². The summed E-state index contributed by atoms with van der Waals surface area (Å²) in [5, 5.41) is 0. The van der Waals surface area contributed by atoms with Gasteiger partial charge in [0.05, 0.1) is 28.4 Å². The summed E-state index contributed by atoms with van der Waals surface area (Å²) in [6, 6.07) is 33.2. The Kier molecular flexibility index (Phi) is 8.81. The molecule has 4 atom stereocenters. The first-order valence-corrected chi connectivity index (χ1v) is 18.3. The third kappa shape index (κ3) is 5.63. The molecule has 4 aromatic carbocycles. The first kappa shape index (κ1) is 32.5. The van der Waals surface area contributed by atoms with E-state index in [1.165, 1.54) is 52.7 Å². The molecule has 1 spiro atoms. The standard InChI is InChI=1S/C46H48O4/c1-47-36-16-10-30(11-17-36)25-33-7-5-9-41-42(33)29-44(32-14-20-38(49-3)21-15-32)46-24-6-8-34(26-31-12-18-37(48-2)19-13-31)43(46)28-35-27-39(50-4)22-23-40(35)45(41)46/h10-23,25-27,43-45H,5-9,24,28-29H2,1-4H3/b33-25+,34-26+. The number of hydrogen-bond acceptors (Lipinski definition) is 4. The van der Waals surface area contributed by atoms with Gasteiger partial charge in [0.25, 0.3) is 0 Å². The summed E-state index contributed by atoms with van der Waals surface area (Å²) in [6.45, 7) is 0. The Labute approximate surface area is 297 Å². The molecule has 0 bridgehead atoms. The molecule has 1 saturated carbocycles. The lowest BCUT2D eigenvalue weighted by Crippen LogP contribution is -2.51. The van der Waals surface area contributed by atoms with E-state index in [1.54, 1.807) is 45.2 Å². The lowest BCUT2D eigenvalue weighted by Gasteiger charge is -2.61. The first-order valence-electron chi connectivity index (χ1n) is 18.3. The van der Waals surface area contributed by atoms with Gasteiger partial charge in [0.2, 0.25) is 0 Å². The zero-order valence-corrected chi connectivity index (χ0v) is 29.8. The Morgan fingerprint density at radius 1 is 0.580 bits per heavy atom. The number of rotatable bonds is 7. The predicted octanol–water partition coefficient (Wildman–Crippen LogP) is 11.0. The van der Waals surface area contributed by atoms with Crippen LogP contribution >= 0.6 is 0 Å². The van der Waals surface area contributed by atoms with Crippen molar-refractivity contribution in [1.82, 2.24) is 0 Å². The topological polar surface area (TPSA) is 36.9 Å². The average Bonchev–Trinajstić information content (AvgIpc) is 3.17. The van der Waals surface area contributed by atoms with Crippen LogP contribution < -0.4 is 18.9 Å². The minimum atomic E-state index is 0.0636. The van der Waals surface area contributed by atoms with Crippen molar-refractivity contribution in [1.29, 1.82) is 0 Å². The summed E-state index contributed by atoms with van der Waals surface area (Å²) in [7, 11) is 7.03. The Bertz CT molecular complexity index is 1950. The Hall–Kier alpha value is -4.70. The molecule has 4 aromatic rings. The second-order valence-corrected chi connectivity index (χ2v) is 14.5. The lowest BCUT2D eigenvalue weighted by molar-refractivity contribution is 0.0514. The maximum atomic E-state index is 5.85. The highest BCUT2D eigenvalue weighted by atomic mass is 16.5. The van der Waals surface area contributed by atoms with Gasteiger partial charge in [-0.1, -0.05) is 65.8 Å². The molecule has 0 N–H and O–H groups in total. The van der Waals surface area contributed by atoms with Crippen molar-refractivity contribution < 1.29 is 18.9 Å². The minimum Gasteiger partial charge on any atom is -0.497 e. The zero-order valence-electron chi connectivity index (χ0n) is 29.8. The first-order chi connectivity index (χ1) is 24.5. The summed E-state index contributed by atoms with van der Waals surface area (Å²) in [6.07, 6.45) is 14.1. The van der Waals surface area contributed by atoms with Gasteiger partial charge in [-0.15, -0.1) is 0 Å². The Morgan fingerprint density at radius 3 is 1.82 bits per heavy atom. The number of methoxy groups -OCH3 is 4. The van der Waals surface area contributed by atoms with Gasteiger partial charge in [0.1, 0.15) is 23.0 Å². The molecule has 4 unspecified atom stereocenters. The third-order valence-corrected chi connectivity index (χ3v) is 12.3. The van der Waals surface area contributed by atoms with Crippen molar-refractivity contribution in [3.63, 3.8) is 0 Å². The fourth-order valence-corrected chi connectivity index (χ4v) is 10.1. The second-order valence-electron chi connectivity index (χ2n) is 14.5. The maximum absolute atomic E-state index is 5.85. The van der Waals surface area contributed by atoms with E-state index in [2.05, 4.69) is 103 Å². The van der Waals surface area contributed by atoms with Crippen molar-refractivity contribution in [2.24, 2.45) is 11.3 Å². The maximum Gasteiger partial charge on any atom is 0.119 e. The van der Waals surface area contributed by atoms with Crippen LogP contribution in [-0.4, -0.2) is 28.4 Å². The molecular formula is C46H48O4. The quantitative estimate of drug-likeness (QED) is 0.197. The molecule has 0 amide bonds. The van der Waals surface area contributed by atoms with Crippen molar-refractivity contribution in [3.05, 3.63) is 141 Å². The van der Waals surface area contributed by atoms with Crippen LogP contribution in [0, 0.1) is 11.3 Å². The molecule has 0 radical (unpaired) electrons. The van der Waals surface area contributed by atoms with Gasteiger partial charge in [-0.2, -0.15) is 0 Å². The van der Waals surface area contributed by atoms with E-state index in [-0.39, 0.29) is 5.41 Å². The molecule has 8 rings (SSSR count). The summed E-state index contributed by atoms with van der Waals surface area (Å²) in [5.74, 6) is 4.79. The van der Waals surface area contributed by atoms with E-state index in [0.29, 0.717) is 17.8 Å². The molecule has 1 fully saturated rings. The highest BCUT2D eigenvalue weighted by Gasteiger charge is 2.59. The van der Waals surface area contributed by atoms with Gasteiger partial charge in [0.15, 0.2) is 0 Å². The van der Waals surface area contributed by atoms with E-state index in [4.69, 9.17) is 18.9 Å². The summed E-state index contributed by atoms with van der Waals surface area (Å²) < 4.78 is 22.5. The van der Waals surface area contributed by atoms with E-state index < -0.39 is 0 Å². The summed E-state index contributed by atoms with van der Waals surface area (Å²) in [4.78, 5) is 0. The molecular weight excluding hydrogens is 617 g/mol. The van der Waals surface area contributed by atoms with Crippen LogP contribution in [0.15, 0.2) is 113 Å². The molecule has 4 aliphatic carbocycles. The average molecular weight is 665 g/mol. The second kappa shape index (κ2) is 13.5. The predicted molar refractivity (Wildman–Crippen MR) is 202 cm³/mol. The monoisotopic (exact) mass is 664 g/mol. The fraction of sp³-hybridized carbons (Fsp3) is 0.348. The van der Waals surface area contributed by atoms with E-state index in [9.17, 15) is 0 Å². The molecule has 0 saturated heterocycles. The number of benzene rings is 4. The molecule has 0 aromatic heterocycles. The van der Waals surface area contributed by atoms with Crippen LogP contribution in [0.2, 0.25) is 0 Å². The van der Waals surface area contributed by atoms with E-state index >= 15 is 0 Å². The van der Waals surface area contributed by atoms with Gasteiger partial charge < -0.3 is 18.9 Å². The van der Waals surface area contributed by atoms with Gasteiger partial charge in [-0.3, -0.25) is 0 Å². The van der Waals surface area contributed by atoms with Gasteiger partial charge in [-0.25, -0.2) is 0 Å². The largest absolute Gasteiger partial charge is 0.497 e. The van der Waals surface area contributed by atoms with Crippen LogP contribution in [0.1, 0.15) is 84.6 Å². The van der Waals surface area contributed by atoms with Crippen LogP contribution in [0.3, 0.4) is 0 Å². The van der Waals surface area contributed by atoms with Gasteiger partial charge in [-0.05, 0) is 156 Å². The number of hydrogen-bond donors (Lipinski definition) is 0. The number of fused-ring (bicyclic) bond motifs is 3. The number of allylic oxidation sites excluding steroid dienone is 4. The molecule has 50 heavy (non-hydrogen) atoms. The third-order valence-electron chi connectivity index (χ3n) is 12.3. The van der Waals surface area contributed by atoms with Crippen LogP contribution in [0.4, 0.5) is 0 Å². The molecule has 0 aliphatic heterocycles. The molecule has 0 heterocycles. The lowest BCUT2D eigenvalue weighted by atomic mass is 9.42. The van der Waals surface area contributed by atoms with Crippen LogP contribution in [0.25, 0.3) is 12.2 Å². The van der Waals surface area contributed by atoms with Crippen molar-refractivity contribution in [2.75, 3.05) is 28.4 Å². The molecule has 4 nitrogen and oxygen atoms in total. The zero-order chi connectivity index (χ0) is 34.2. The van der Waals surface area contributed by atoms with Gasteiger partial charge >= 0.3 is 0 Å². The summed E-state index contributed by atoms with van der Waals surface area (Å²) >= 11 is 0. The highest BCUT2D eigenvalue weighted by Crippen LogP contribution is 2.70. The molecule has 256 valence electrons. The smallest absolute Gasteiger partial charge is 0.119 e.